The Bertz CT molecular complexity index is 583. The zero-order valence-corrected chi connectivity index (χ0v) is 11.6. The van der Waals surface area contributed by atoms with Crippen molar-refractivity contribution in [2.75, 3.05) is 26.1 Å². The summed E-state index contributed by atoms with van der Waals surface area (Å²) in [5, 5.41) is 2.95. The summed E-state index contributed by atoms with van der Waals surface area (Å²) in [6, 6.07) is 5.11. The molecule has 5 nitrogen and oxygen atoms in total. The number of hydrogen-bond acceptors (Lipinski definition) is 5. The Morgan fingerprint density at radius 1 is 1.15 bits per heavy atom. The van der Waals surface area contributed by atoms with Crippen molar-refractivity contribution in [2.24, 2.45) is 0 Å². The first kappa shape index (κ1) is 14.0. The lowest BCUT2D eigenvalue weighted by atomic mass is 10.1. The average molecular weight is 277 g/mol. The number of nitrogens with one attached hydrogen (secondary N) is 1. The van der Waals surface area contributed by atoms with Crippen LogP contribution in [-0.2, 0) is 0 Å². The van der Waals surface area contributed by atoms with Crippen molar-refractivity contribution in [3.63, 3.8) is 0 Å². The van der Waals surface area contributed by atoms with E-state index in [0.29, 0.717) is 29.6 Å². The molecule has 1 aromatic heterocycles. The van der Waals surface area contributed by atoms with Crippen molar-refractivity contribution in [2.45, 2.75) is 6.92 Å². The minimum absolute atomic E-state index is 0.202. The number of ether oxygens (including phenoxy) is 2. The smallest absolute Gasteiger partial charge is 0.223 e. The van der Waals surface area contributed by atoms with Crippen LogP contribution < -0.4 is 14.8 Å². The molecule has 1 heterocycles. The van der Waals surface area contributed by atoms with Crippen LogP contribution in [0.4, 0.5) is 10.3 Å². The second kappa shape index (κ2) is 6.18. The summed E-state index contributed by atoms with van der Waals surface area (Å²) in [5.74, 6) is 1.03. The number of halogens is 1. The molecule has 0 atom stereocenters. The zero-order chi connectivity index (χ0) is 14.5. The second-order valence-electron chi connectivity index (χ2n) is 4.02. The van der Waals surface area contributed by atoms with E-state index < -0.39 is 5.82 Å². The Morgan fingerprint density at radius 3 is 2.35 bits per heavy atom. The molecular weight excluding hydrogens is 261 g/mol. The highest BCUT2D eigenvalue weighted by molar-refractivity contribution is 5.65. The number of methoxy groups -OCH3 is 2. The van der Waals surface area contributed by atoms with E-state index in [0.717, 1.165) is 6.20 Å². The maximum atomic E-state index is 13.9. The molecule has 0 radical (unpaired) electrons. The molecule has 0 fully saturated rings. The molecule has 1 N–H and O–H groups in total. The fraction of sp³-hybridized carbons (Fsp3) is 0.286. The van der Waals surface area contributed by atoms with Gasteiger partial charge in [-0.15, -0.1) is 0 Å². The van der Waals surface area contributed by atoms with Gasteiger partial charge in [-0.3, -0.25) is 0 Å². The van der Waals surface area contributed by atoms with E-state index in [1.807, 2.05) is 6.92 Å². The maximum absolute atomic E-state index is 13.9. The minimum atomic E-state index is -0.498. The lowest BCUT2D eigenvalue weighted by Crippen LogP contribution is -2.04. The molecule has 0 amide bonds. The lowest BCUT2D eigenvalue weighted by molar-refractivity contribution is 0.394. The van der Waals surface area contributed by atoms with Gasteiger partial charge in [0.15, 0.2) is 5.82 Å². The zero-order valence-electron chi connectivity index (χ0n) is 11.6. The van der Waals surface area contributed by atoms with Crippen LogP contribution in [0.3, 0.4) is 0 Å². The van der Waals surface area contributed by atoms with E-state index in [-0.39, 0.29) is 5.69 Å². The van der Waals surface area contributed by atoms with Gasteiger partial charge in [0.25, 0.3) is 0 Å². The van der Waals surface area contributed by atoms with Gasteiger partial charge in [-0.1, -0.05) is 0 Å². The molecule has 0 saturated carbocycles. The van der Waals surface area contributed by atoms with E-state index in [1.54, 1.807) is 32.4 Å². The van der Waals surface area contributed by atoms with Crippen LogP contribution >= 0.6 is 0 Å². The average Bonchev–Trinajstić information content (AvgIpc) is 2.48. The molecule has 0 bridgehead atoms. The Morgan fingerprint density at radius 2 is 1.80 bits per heavy atom. The second-order valence-corrected chi connectivity index (χ2v) is 4.02. The quantitative estimate of drug-likeness (QED) is 0.910. The van der Waals surface area contributed by atoms with Gasteiger partial charge in [0, 0.05) is 18.2 Å². The van der Waals surface area contributed by atoms with Gasteiger partial charge in [0.2, 0.25) is 5.95 Å². The largest absolute Gasteiger partial charge is 0.497 e. The predicted octanol–water partition coefficient (Wildman–Crippen LogP) is 2.73. The van der Waals surface area contributed by atoms with Crippen molar-refractivity contribution in [1.29, 1.82) is 0 Å². The van der Waals surface area contributed by atoms with Gasteiger partial charge in [-0.2, -0.15) is 0 Å². The molecular formula is C14H16FN3O2. The summed E-state index contributed by atoms with van der Waals surface area (Å²) in [6.07, 6.45) is 1.15. The van der Waals surface area contributed by atoms with Crippen molar-refractivity contribution >= 4 is 5.95 Å². The summed E-state index contributed by atoms with van der Waals surface area (Å²) in [5.41, 5.74) is 0.772. The van der Waals surface area contributed by atoms with Crippen LogP contribution in [0.5, 0.6) is 11.5 Å². The molecule has 20 heavy (non-hydrogen) atoms. The van der Waals surface area contributed by atoms with Crippen molar-refractivity contribution in [3.8, 4) is 22.8 Å². The minimum Gasteiger partial charge on any atom is -0.497 e. The first-order chi connectivity index (χ1) is 9.67. The highest BCUT2D eigenvalue weighted by Gasteiger charge is 2.12. The molecule has 0 unspecified atom stereocenters. The van der Waals surface area contributed by atoms with E-state index in [1.165, 1.54) is 0 Å². The first-order valence-electron chi connectivity index (χ1n) is 6.17. The number of nitrogens with zero attached hydrogens (tertiary/aromatic N) is 2. The number of rotatable bonds is 5. The fourth-order valence-corrected chi connectivity index (χ4v) is 1.76. The molecule has 1 aromatic carbocycles. The summed E-state index contributed by atoms with van der Waals surface area (Å²) < 4.78 is 24.3. The molecule has 0 aliphatic heterocycles. The molecule has 106 valence electrons. The molecule has 0 aliphatic rings. The van der Waals surface area contributed by atoms with Crippen LogP contribution in [0.2, 0.25) is 0 Å². The number of hydrogen-bond donors (Lipinski definition) is 1. The highest BCUT2D eigenvalue weighted by atomic mass is 19.1. The third-order valence-corrected chi connectivity index (χ3v) is 2.70. The SMILES string of the molecule is CCNc1ncc(F)c(-c2cc(OC)cc(OC)c2)n1. The Labute approximate surface area is 116 Å². The third-order valence-electron chi connectivity index (χ3n) is 2.70. The molecule has 2 rings (SSSR count). The summed E-state index contributed by atoms with van der Waals surface area (Å²) in [4.78, 5) is 8.05. The van der Waals surface area contributed by atoms with Crippen LogP contribution in [0, 0.1) is 5.82 Å². The van der Waals surface area contributed by atoms with Crippen molar-refractivity contribution in [1.82, 2.24) is 9.97 Å². The van der Waals surface area contributed by atoms with Crippen LogP contribution in [0.15, 0.2) is 24.4 Å². The Balaban J connectivity index is 2.51. The monoisotopic (exact) mass is 277 g/mol. The molecule has 2 aromatic rings. The third kappa shape index (κ3) is 2.96. The van der Waals surface area contributed by atoms with Crippen LogP contribution in [0.25, 0.3) is 11.3 Å². The molecule has 0 spiro atoms. The van der Waals surface area contributed by atoms with E-state index in [9.17, 15) is 4.39 Å². The van der Waals surface area contributed by atoms with Gasteiger partial charge < -0.3 is 14.8 Å². The lowest BCUT2D eigenvalue weighted by Gasteiger charge is -2.10. The van der Waals surface area contributed by atoms with E-state index in [4.69, 9.17) is 9.47 Å². The number of aromatic nitrogens is 2. The van der Waals surface area contributed by atoms with Crippen LogP contribution in [0.1, 0.15) is 6.92 Å². The van der Waals surface area contributed by atoms with E-state index >= 15 is 0 Å². The van der Waals surface area contributed by atoms with Crippen molar-refractivity contribution in [3.05, 3.63) is 30.2 Å². The maximum Gasteiger partial charge on any atom is 0.223 e. The molecule has 6 heteroatoms. The highest BCUT2D eigenvalue weighted by Crippen LogP contribution is 2.30. The summed E-state index contributed by atoms with van der Waals surface area (Å²) >= 11 is 0. The van der Waals surface area contributed by atoms with Gasteiger partial charge >= 0.3 is 0 Å². The van der Waals surface area contributed by atoms with Gasteiger partial charge in [-0.25, -0.2) is 14.4 Å². The Kier molecular flexibility index (Phi) is 4.34. The molecule has 0 aliphatic carbocycles. The van der Waals surface area contributed by atoms with Gasteiger partial charge in [0.1, 0.15) is 17.2 Å². The molecule has 0 saturated heterocycles. The standard InChI is InChI=1S/C14H16FN3O2/c1-4-16-14-17-8-12(15)13(18-14)9-5-10(19-2)7-11(6-9)20-3/h5-8H,4H2,1-3H3,(H,16,17,18). The fourth-order valence-electron chi connectivity index (χ4n) is 1.76. The van der Waals surface area contributed by atoms with Gasteiger partial charge in [-0.05, 0) is 19.1 Å². The van der Waals surface area contributed by atoms with Crippen LogP contribution in [-0.4, -0.2) is 30.7 Å². The van der Waals surface area contributed by atoms with E-state index in [2.05, 4.69) is 15.3 Å². The first-order valence-corrected chi connectivity index (χ1v) is 6.17. The topological polar surface area (TPSA) is 56.3 Å². The predicted molar refractivity (Wildman–Crippen MR) is 74.7 cm³/mol. The number of benzene rings is 1. The van der Waals surface area contributed by atoms with Gasteiger partial charge in [0.05, 0.1) is 20.4 Å². The Hall–Kier alpha value is -2.37. The number of anilines is 1. The normalized spacial score (nSPS) is 10.2. The summed E-state index contributed by atoms with van der Waals surface area (Å²) in [6.45, 7) is 2.58. The summed E-state index contributed by atoms with van der Waals surface area (Å²) in [7, 11) is 3.08. The van der Waals surface area contributed by atoms with Crippen molar-refractivity contribution < 1.29 is 13.9 Å².